The zero-order valence-electron chi connectivity index (χ0n) is 20.4. The fraction of sp³-hybridized carbons (Fsp3) is 0.778. The van der Waals surface area contributed by atoms with Crippen LogP contribution in [0.25, 0.3) is 0 Å². The van der Waals surface area contributed by atoms with Crippen LogP contribution in [0.1, 0.15) is 123 Å². The van der Waals surface area contributed by atoms with Crippen LogP contribution in [-0.4, -0.2) is 8.32 Å². The van der Waals surface area contributed by atoms with E-state index in [1.807, 2.05) is 0 Å². The third-order valence-corrected chi connectivity index (χ3v) is 10.8. The molecule has 0 spiro atoms. The number of hydrogen-bond donors (Lipinski definition) is 0. The first kappa shape index (κ1) is 26.3. The Morgan fingerprint density at radius 2 is 1.03 bits per heavy atom. The minimum Gasteiger partial charge on any atom is -0.543 e. The highest BCUT2D eigenvalue weighted by molar-refractivity contribution is 6.74. The molecule has 0 bridgehead atoms. The lowest BCUT2D eigenvalue weighted by molar-refractivity contribution is 0.502. The smallest absolute Gasteiger partial charge is 0.251 e. The summed E-state index contributed by atoms with van der Waals surface area (Å²) in [4.78, 5) is 0. The Labute approximate surface area is 184 Å². The van der Waals surface area contributed by atoms with E-state index in [1.165, 1.54) is 101 Å². The third-order valence-electron chi connectivity index (χ3n) is 6.34. The molecular weight excluding hydrogens is 368 g/mol. The van der Waals surface area contributed by atoms with Crippen LogP contribution in [-0.2, 0) is 0 Å². The molecule has 1 aromatic rings. The largest absolute Gasteiger partial charge is 0.543 e. The summed E-state index contributed by atoms with van der Waals surface area (Å²) in [5.41, 5.74) is 1.42. The Morgan fingerprint density at radius 1 is 0.621 bits per heavy atom. The first-order valence-corrected chi connectivity index (χ1v) is 15.4. The van der Waals surface area contributed by atoms with Gasteiger partial charge in [-0.1, -0.05) is 124 Å². The molecule has 1 aromatic carbocycles. The van der Waals surface area contributed by atoms with E-state index in [1.54, 1.807) is 0 Å². The maximum Gasteiger partial charge on any atom is 0.251 e. The van der Waals surface area contributed by atoms with Crippen molar-refractivity contribution in [2.45, 2.75) is 136 Å². The SMILES string of the molecule is CCCCCC[Si](CCCCCC)(CCCCCC)Oc1ccc(C(C)C)cc1. The zero-order valence-corrected chi connectivity index (χ0v) is 21.4. The maximum atomic E-state index is 7.02. The lowest BCUT2D eigenvalue weighted by atomic mass is 10.0. The van der Waals surface area contributed by atoms with Gasteiger partial charge in [0.25, 0.3) is 8.32 Å². The lowest BCUT2D eigenvalue weighted by Crippen LogP contribution is -2.41. The molecule has 0 saturated heterocycles. The fourth-order valence-corrected chi connectivity index (χ4v) is 8.70. The van der Waals surface area contributed by atoms with Gasteiger partial charge < -0.3 is 4.43 Å². The van der Waals surface area contributed by atoms with Crippen LogP contribution in [0.5, 0.6) is 5.75 Å². The van der Waals surface area contributed by atoms with Gasteiger partial charge >= 0.3 is 0 Å². The molecule has 1 rings (SSSR count). The van der Waals surface area contributed by atoms with E-state index in [9.17, 15) is 0 Å². The van der Waals surface area contributed by atoms with Crippen molar-refractivity contribution in [2.75, 3.05) is 0 Å². The fourth-order valence-electron chi connectivity index (χ4n) is 4.32. The van der Waals surface area contributed by atoms with Gasteiger partial charge in [0, 0.05) is 0 Å². The molecule has 1 nitrogen and oxygen atoms in total. The van der Waals surface area contributed by atoms with Crippen LogP contribution < -0.4 is 4.43 Å². The number of rotatable bonds is 18. The predicted octanol–water partition coefficient (Wildman–Crippen LogP) is 9.88. The zero-order chi connectivity index (χ0) is 21.4. The second-order valence-corrected chi connectivity index (χ2v) is 13.5. The summed E-state index contributed by atoms with van der Waals surface area (Å²) in [7, 11) is -1.73. The minimum atomic E-state index is -1.73. The van der Waals surface area contributed by atoms with Crippen LogP contribution >= 0.6 is 0 Å². The molecule has 0 fully saturated rings. The molecule has 0 aromatic heterocycles. The van der Waals surface area contributed by atoms with Crippen LogP contribution in [0.2, 0.25) is 18.1 Å². The minimum absolute atomic E-state index is 0.586. The van der Waals surface area contributed by atoms with E-state index in [0.717, 1.165) is 5.75 Å². The summed E-state index contributed by atoms with van der Waals surface area (Å²) in [6.07, 6.45) is 16.3. The van der Waals surface area contributed by atoms with Gasteiger partial charge in [-0.05, 0) is 41.7 Å². The van der Waals surface area contributed by atoms with Gasteiger partial charge in [0.15, 0.2) is 0 Å². The van der Waals surface area contributed by atoms with Crippen LogP contribution in [0.15, 0.2) is 24.3 Å². The van der Waals surface area contributed by atoms with Gasteiger partial charge in [0.05, 0.1) is 0 Å². The summed E-state index contributed by atoms with van der Waals surface area (Å²) >= 11 is 0. The molecule has 0 N–H and O–H groups in total. The van der Waals surface area contributed by atoms with E-state index >= 15 is 0 Å². The van der Waals surface area contributed by atoms with Gasteiger partial charge in [0.1, 0.15) is 5.75 Å². The van der Waals surface area contributed by atoms with Gasteiger partial charge in [-0.15, -0.1) is 0 Å². The molecule has 0 unspecified atom stereocenters. The summed E-state index contributed by atoms with van der Waals surface area (Å²) in [6.45, 7) is 11.5. The highest BCUT2D eigenvalue weighted by Crippen LogP contribution is 2.33. The van der Waals surface area contributed by atoms with Gasteiger partial charge in [-0.25, -0.2) is 0 Å². The van der Waals surface area contributed by atoms with Crippen molar-refractivity contribution in [3.8, 4) is 5.75 Å². The average molecular weight is 419 g/mol. The summed E-state index contributed by atoms with van der Waals surface area (Å²) in [5.74, 6) is 1.73. The predicted molar refractivity (Wildman–Crippen MR) is 134 cm³/mol. The van der Waals surface area contributed by atoms with Gasteiger partial charge in [0.2, 0.25) is 0 Å². The normalized spacial score (nSPS) is 11.9. The van der Waals surface area contributed by atoms with Crippen LogP contribution in [0.3, 0.4) is 0 Å². The molecule has 0 saturated carbocycles. The molecule has 0 amide bonds. The number of hydrogen-bond acceptors (Lipinski definition) is 1. The Morgan fingerprint density at radius 3 is 1.38 bits per heavy atom. The van der Waals surface area contributed by atoms with Crippen molar-refractivity contribution < 1.29 is 4.43 Å². The highest BCUT2D eigenvalue weighted by atomic mass is 28.4. The molecule has 0 aliphatic rings. The average Bonchev–Trinajstić information content (AvgIpc) is 2.72. The summed E-state index contributed by atoms with van der Waals surface area (Å²) in [5, 5.41) is 0. The lowest BCUT2D eigenvalue weighted by Gasteiger charge is -2.33. The van der Waals surface area contributed by atoms with E-state index in [0.29, 0.717) is 5.92 Å². The highest BCUT2D eigenvalue weighted by Gasteiger charge is 2.35. The Kier molecular flexibility index (Phi) is 14.5. The molecule has 0 aliphatic carbocycles. The van der Waals surface area contributed by atoms with Crippen molar-refractivity contribution in [3.05, 3.63) is 29.8 Å². The molecule has 0 heterocycles. The number of benzene rings is 1. The molecule has 0 aliphatic heterocycles. The molecule has 0 radical (unpaired) electrons. The van der Waals surface area contributed by atoms with Gasteiger partial charge in [-0.3, -0.25) is 0 Å². The number of unbranched alkanes of at least 4 members (excludes halogenated alkanes) is 9. The van der Waals surface area contributed by atoms with E-state index in [2.05, 4.69) is 58.9 Å². The standard InChI is InChI=1S/C27H50OSi/c1-6-9-12-15-22-29(23-16-13-10-7-2,24-17-14-11-8-3)28-27-20-18-26(19-21-27)25(4)5/h18-21,25H,6-17,22-24H2,1-5H3. The quantitative estimate of drug-likeness (QED) is 0.170. The molecule has 29 heavy (non-hydrogen) atoms. The molecule has 2 heteroatoms. The Hall–Kier alpha value is -0.763. The molecule has 168 valence electrons. The first-order chi connectivity index (χ1) is 14.1. The van der Waals surface area contributed by atoms with Crippen molar-refractivity contribution >= 4 is 8.32 Å². The van der Waals surface area contributed by atoms with Crippen molar-refractivity contribution in [3.63, 3.8) is 0 Å². The third kappa shape index (κ3) is 11.3. The van der Waals surface area contributed by atoms with Crippen molar-refractivity contribution in [2.24, 2.45) is 0 Å². The topological polar surface area (TPSA) is 9.23 Å². The van der Waals surface area contributed by atoms with Crippen LogP contribution in [0.4, 0.5) is 0 Å². The van der Waals surface area contributed by atoms with E-state index in [4.69, 9.17) is 4.43 Å². The molecule has 0 atom stereocenters. The van der Waals surface area contributed by atoms with E-state index < -0.39 is 8.32 Å². The second kappa shape index (κ2) is 16.0. The van der Waals surface area contributed by atoms with Gasteiger partial charge in [-0.2, -0.15) is 0 Å². The summed E-state index contributed by atoms with van der Waals surface area (Å²) in [6, 6.07) is 13.1. The Bertz CT molecular complexity index is 462. The Balaban J connectivity index is 2.89. The van der Waals surface area contributed by atoms with E-state index in [-0.39, 0.29) is 0 Å². The summed E-state index contributed by atoms with van der Waals surface area (Å²) < 4.78 is 7.02. The maximum absolute atomic E-state index is 7.02. The second-order valence-electron chi connectivity index (χ2n) is 9.44. The van der Waals surface area contributed by atoms with Crippen LogP contribution in [0, 0.1) is 0 Å². The molecular formula is C27H50OSi. The van der Waals surface area contributed by atoms with Crippen molar-refractivity contribution in [1.82, 2.24) is 0 Å². The van der Waals surface area contributed by atoms with Crippen molar-refractivity contribution in [1.29, 1.82) is 0 Å². The monoisotopic (exact) mass is 418 g/mol. The first-order valence-electron chi connectivity index (χ1n) is 12.9.